The lowest BCUT2D eigenvalue weighted by molar-refractivity contribution is 0.688. The maximum absolute atomic E-state index is 4.61. The minimum atomic E-state index is 1.14. The van der Waals surface area contributed by atoms with E-state index in [1.807, 2.05) is 6.20 Å². The molecule has 17 heavy (non-hydrogen) atoms. The molecule has 0 unspecified atom stereocenters. The van der Waals surface area contributed by atoms with Crippen LogP contribution in [-0.4, -0.2) is 9.97 Å². The summed E-state index contributed by atoms with van der Waals surface area (Å²) in [5, 5.41) is 2.70. The highest BCUT2D eigenvalue weighted by Gasteiger charge is 2.15. The Morgan fingerprint density at radius 3 is 3.00 bits per heavy atom. The lowest BCUT2D eigenvalue weighted by Crippen LogP contribution is -2.04. The summed E-state index contributed by atoms with van der Waals surface area (Å²) in [7, 11) is 0. The topological polar surface area (TPSA) is 28.7 Å². The van der Waals surface area contributed by atoms with Crippen LogP contribution in [0.15, 0.2) is 30.6 Å². The number of pyridine rings is 1. The van der Waals surface area contributed by atoms with E-state index in [2.05, 4.69) is 34.4 Å². The van der Waals surface area contributed by atoms with Gasteiger partial charge in [0.05, 0.1) is 5.52 Å². The third-order valence-corrected chi connectivity index (χ3v) is 3.88. The Bertz CT molecular complexity index is 709. The summed E-state index contributed by atoms with van der Waals surface area (Å²) < 4.78 is 0. The molecule has 2 heteroatoms. The van der Waals surface area contributed by atoms with E-state index < -0.39 is 0 Å². The highest BCUT2D eigenvalue weighted by atomic mass is 14.7. The molecule has 0 aliphatic heterocycles. The van der Waals surface area contributed by atoms with Gasteiger partial charge in [0.15, 0.2) is 0 Å². The van der Waals surface area contributed by atoms with Crippen molar-refractivity contribution in [3.63, 3.8) is 0 Å². The number of hydrogen-bond donors (Lipinski definition) is 1. The first-order chi connectivity index (χ1) is 8.43. The van der Waals surface area contributed by atoms with E-state index in [4.69, 9.17) is 0 Å². The molecule has 0 atom stereocenters. The highest BCUT2D eigenvalue weighted by Crippen LogP contribution is 2.32. The number of nitrogens with one attached hydrogen (secondary N) is 1. The number of aryl methyl sites for hydroxylation is 2. The summed E-state index contributed by atoms with van der Waals surface area (Å²) in [4.78, 5) is 7.90. The van der Waals surface area contributed by atoms with Crippen LogP contribution >= 0.6 is 0 Å². The molecule has 3 aromatic rings. The van der Waals surface area contributed by atoms with E-state index in [9.17, 15) is 0 Å². The first-order valence-corrected chi connectivity index (χ1v) is 6.30. The Balaban J connectivity index is 2.22. The minimum Gasteiger partial charge on any atom is -0.361 e. The van der Waals surface area contributed by atoms with Crippen LogP contribution in [0.5, 0.6) is 0 Å². The Kier molecular flexibility index (Phi) is 1.81. The van der Waals surface area contributed by atoms with Gasteiger partial charge in [-0.3, -0.25) is 4.98 Å². The molecular formula is C15H14N2. The molecule has 0 spiro atoms. The number of aromatic nitrogens is 2. The fraction of sp³-hybridized carbons (Fsp3) is 0.267. The molecule has 0 radical (unpaired) electrons. The second kappa shape index (κ2) is 3.33. The Labute approximate surface area is 99.7 Å². The average Bonchev–Trinajstić information content (AvgIpc) is 2.86. The maximum atomic E-state index is 4.61. The van der Waals surface area contributed by atoms with Gasteiger partial charge in [0.2, 0.25) is 0 Å². The van der Waals surface area contributed by atoms with E-state index in [1.165, 1.54) is 53.1 Å². The number of aromatic amines is 1. The van der Waals surface area contributed by atoms with Gasteiger partial charge >= 0.3 is 0 Å². The first kappa shape index (κ1) is 9.23. The van der Waals surface area contributed by atoms with Crippen molar-refractivity contribution in [1.82, 2.24) is 9.97 Å². The van der Waals surface area contributed by atoms with E-state index in [1.54, 1.807) is 0 Å². The van der Waals surface area contributed by atoms with Crippen molar-refractivity contribution in [2.45, 2.75) is 25.7 Å². The predicted molar refractivity (Wildman–Crippen MR) is 70.2 cm³/mol. The van der Waals surface area contributed by atoms with Gasteiger partial charge in [-0.15, -0.1) is 0 Å². The Morgan fingerprint density at radius 2 is 2.00 bits per heavy atom. The zero-order valence-corrected chi connectivity index (χ0v) is 9.66. The van der Waals surface area contributed by atoms with E-state index >= 15 is 0 Å². The quantitative estimate of drug-likeness (QED) is 0.618. The summed E-state index contributed by atoms with van der Waals surface area (Å²) in [6.45, 7) is 0. The molecule has 2 heterocycles. The van der Waals surface area contributed by atoms with Gasteiger partial charge < -0.3 is 4.98 Å². The number of nitrogens with zero attached hydrogens (tertiary/aromatic N) is 1. The molecule has 2 aromatic heterocycles. The third kappa shape index (κ3) is 1.24. The highest BCUT2D eigenvalue weighted by molar-refractivity contribution is 6.07. The van der Waals surface area contributed by atoms with Gasteiger partial charge in [0.25, 0.3) is 0 Å². The largest absolute Gasteiger partial charge is 0.361 e. The molecule has 0 fully saturated rings. The van der Waals surface area contributed by atoms with Crippen LogP contribution in [0, 0.1) is 0 Å². The van der Waals surface area contributed by atoms with Crippen molar-refractivity contribution < 1.29 is 0 Å². The van der Waals surface area contributed by atoms with E-state index in [0.717, 1.165) is 5.52 Å². The molecular weight excluding hydrogens is 208 g/mol. The summed E-state index contributed by atoms with van der Waals surface area (Å²) >= 11 is 0. The fourth-order valence-electron chi connectivity index (χ4n) is 3.05. The average molecular weight is 222 g/mol. The van der Waals surface area contributed by atoms with Crippen molar-refractivity contribution >= 4 is 21.8 Å². The third-order valence-electron chi connectivity index (χ3n) is 3.88. The van der Waals surface area contributed by atoms with E-state index in [0.29, 0.717) is 0 Å². The van der Waals surface area contributed by atoms with Crippen LogP contribution in [0.2, 0.25) is 0 Å². The molecule has 1 N–H and O–H groups in total. The summed E-state index contributed by atoms with van der Waals surface area (Å²) in [6.07, 6.45) is 9.12. The van der Waals surface area contributed by atoms with Gasteiger partial charge in [-0.2, -0.15) is 0 Å². The van der Waals surface area contributed by atoms with Gasteiger partial charge in [-0.1, -0.05) is 0 Å². The van der Waals surface area contributed by atoms with Crippen molar-refractivity contribution in [2.75, 3.05) is 0 Å². The van der Waals surface area contributed by atoms with Crippen molar-refractivity contribution in [1.29, 1.82) is 0 Å². The molecule has 0 saturated carbocycles. The summed E-state index contributed by atoms with van der Waals surface area (Å²) in [5.74, 6) is 0. The lowest BCUT2D eigenvalue weighted by atomic mass is 9.89. The molecule has 4 rings (SSSR count). The van der Waals surface area contributed by atoms with Crippen LogP contribution < -0.4 is 0 Å². The number of hydrogen-bond acceptors (Lipinski definition) is 1. The van der Waals surface area contributed by atoms with Crippen LogP contribution in [0.3, 0.4) is 0 Å². The number of rotatable bonds is 0. The van der Waals surface area contributed by atoms with Crippen molar-refractivity contribution in [3.8, 4) is 0 Å². The van der Waals surface area contributed by atoms with Crippen molar-refractivity contribution in [2.24, 2.45) is 0 Å². The predicted octanol–water partition coefficient (Wildman–Crippen LogP) is 3.59. The SMILES string of the molecule is c1cc2c(ccc3ncc4c(c32)CCCC4)[nH]1. The number of H-pyrrole nitrogens is 1. The molecule has 2 nitrogen and oxygen atoms in total. The minimum absolute atomic E-state index is 1.14. The zero-order chi connectivity index (χ0) is 11.2. The van der Waals surface area contributed by atoms with Gasteiger partial charge in [-0.25, -0.2) is 0 Å². The number of fused-ring (bicyclic) bond motifs is 5. The number of benzene rings is 1. The Morgan fingerprint density at radius 1 is 1.06 bits per heavy atom. The second-order valence-electron chi connectivity index (χ2n) is 4.87. The first-order valence-electron chi connectivity index (χ1n) is 6.30. The zero-order valence-electron chi connectivity index (χ0n) is 9.66. The lowest BCUT2D eigenvalue weighted by Gasteiger charge is -2.17. The molecule has 0 bridgehead atoms. The summed E-state index contributed by atoms with van der Waals surface area (Å²) in [6, 6.07) is 6.43. The van der Waals surface area contributed by atoms with E-state index in [-0.39, 0.29) is 0 Å². The normalized spacial score (nSPS) is 15.3. The molecule has 1 aliphatic carbocycles. The fourth-order valence-corrected chi connectivity index (χ4v) is 3.05. The van der Waals surface area contributed by atoms with Gasteiger partial charge in [-0.05, 0) is 55.0 Å². The van der Waals surface area contributed by atoms with Gasteiger partial charge in [0, 0.05) is 28.7 Å². The molecule has 1 aliphatic rings. The maximum Gasteiger partial charge on any atom is 0.0712 e. The molecule has 0 saturated heterocycles. The summed E-state index contributed by atoms with van der Waals surface area (Å²) in [5.41, 5.74) is 5.35. The van der Waals surface area contributed by atoms with Crippen LogP contribution in [0.1, 0.15) is 24.0 Å². The standard InChI is InChI=1S/C15H14N2/c1-2-4-11-10(3-1)9-17-14-6-5-13-12(15(11)14)7-8-16-13/h5-9,16H,1-4H2. The van der Waals surface area contributed by atoms with Crippen molar-refractivity contribution in [3.05, 3.63) is 41.7 Å². The Hall–Kier alpha value is -1.83. The molecule has 1 aromatic carbocycles. The monoisotopic (exact) mass is 222 g/mol. The smallest absolute Gasteiger partial charge is 0.0712 e. The second-order valence-corrected chi connectivity index (χ2v) is 4.87. The van der Waals surface area contributed by atoms with Crippen LogP contribution in [0.4, 0.5) is 0 Å². The van der Waals surface area contributed by atoms with Crippen LogP contribution in [-0.2, 0) is 12.8 Å². The van der Waals surface area contributed by atoms with Crippen LogP contribution in [0.25, 0.3) is 21.8 Å². The van der Waals surface area contributed by atoms with Gasteiger partial charge in [0.1, 0.15) is 0 Å². The molecule has 84 valence electrons. The molecule has 0 amide bonds.